The monoisotopic (exact) mass is 316 g/mol. The molecule has 0 radical (unpaired) electrons. The maximum Gasteiger partial charge on any atom is 0.269 e. The van der Waals surface area contributed by atoms with Crippen molar-refractivity contribution in [3.63, 3.8) is 0 Å². The van der Waals surface area contributed by atoms with Crippen LogP contribution in [0.2, 0.25) is 0 Å². The maximum absolute atomic E-state index is 12.6. The smallest absolute Gasteiger partial charge is 0.269 e. The third kappa shape index (κ3) is 2.26. The molecule has 3 fully saturated rings. The van der Waals surface area contributed by atoms with Crippen LogP contribution < -0.4 is 10.2 Å². The summed E-state index contributed by atoms with van der Waals surface area (Å²) >= 11 is 0. The van der Waals surface area contributed by atoms with Gasteiger partial charge in [-0.05, 0) is 44.4 Å². The number of nitrogens with zero attached hydrogens (tertiary/aromatic N) is 3. The SMILES string of the molecule is C[C@@H]1COCCN1c1cc2n(n1)[C@@H](C1CC1)[C@H](C1CC1)NC2=O. The number of carbonyl (C=O) groups is 1. The van der Waals surface area contributed by atoms with Gasteiger partial charge >= 0.3 is 0 Å². The second-order valence-corrected chi connectivity index (χ2v) is 7.61. The Kier molecular flexibility index (Phi) is 2.99. The molecule has 0 bridgehead atoms. The maximum atomic E-state index is 12.6. The van der Waals surface area contributed by atoms with Crippen molar-refractivity contribution >= 4 is 11.7 Å². The van der Waals surface area contributed by atoms with Crippen molar-refractivity contribution < 1.29 is 9.53 Å². The summed E-state index contributed by atoms with van der Waals surface area (Å²) in [5, 5.41) is 8.20. The van der Waals surface area contributed by atoms with Gasteiger partial charge in [-0.2, -0.15) is 5.10 Å². The molecule has 23 heavy (non-hydrogen) atoms. The zero-order valence-electron chi connectivity index (χ0n) is 13.6. The molecule has 2 saturated carbocycles. The molecule has 0 aromatic carbocycles. The van der Waals surface area contributed by atoms with E-state index in [0.717, 1.165) is 31.3 Å². The van der Waals surface area contributed by atoms with E-state index in [2.05, 4.69) is 21.8 Å². The van der Waals surface area contributed by atoms with Crippen LogP contribution in [0.3, 0.4) is 0 Å². The van der Waals surface area contributed by atoms with E-state index >= 15 is 0 Å². The lowest BCUT2D eigenvalue weighted by Crippen LogP contribution is -2.49. The van der Waals surface area contributed by atoms with Gasteiger partial charge in [-0.15, -0.1) is 0 Å². The molecule has 1 N–H and O–H groups in total. The first-order valence-electron chi connectivity index (χ1n) is 8.97. The molecule has 1 saturated heterocycles. The van der Waals surface area contributed by atoms with Crippen molar-refractivity contribution in [2.75, 3.05) is 24.7 Å². The minimum absolute atomic E-state index is 0.0541. The minimum atomic E-state index is 0.0541. The van der Waals surface area contributed by atoms with Gasteiger partial charge in [-0.1, -0.05) is 0 Å². The van der Waals surface area contributed by atoms with E-state index in [0.29, 0.717) is 23.9 Å². The highest BCUT2D eigenvalue weighted by molar-refractivity contribution is 5.94. The van der Waals surface area contributed by atoms with Crippen molar-refractivity contribution in [2.24, 2.45) is 11.8 Å². The molecule has 0 spiro atoms. The van der Waals surface area contributed by atoms with Crippen molar-refractivity contribution in [3.05, 3.63) is 11.8 Å². The van der Waals surface area contributed by atoms with Gasteiger partial charge in [0.15, 0.2) is 5.82 Å². The van der Waals surface area contributed by atoms with Crippen LogP contribution in [0.1, 0.15) is 49.1 Å². The average molecular weight is 316 g/mol. The highest BCUT2D eigenvalue weighted by atomic mass is 16.5. The van der Waals surface area contributed by atoms with Crippen molar-refractivity contribution in [1.82, 2.24) is 15.1 Å². The van der Waals surface area contributed by atoms with Crippen LogP contribution in [-0.2, 0) is 4.74 Å². The van der Waals surface area contributed by atoms with Crippen LogP contribution >= 0.6 is 0 Å². The fourth-order valence-corrected chi connectivity index (χ4v) is 4.23. The lowest BCUT2D eigenvalue weighted by molar-refractivity contribution is 0.0844. The standard InChI is InChI=1S/C17H24N4O2/c1-10-9-23-7-6-20(10)14-8-13-17(22)18-15(11-2-3-11)16(12-4-5-12)21(13)19-14/h8,10-12,15-16H,2-7,9H2,1H3,(H,18,22)/t10-,15+,16+/m1/s1. The van der Waals surface area contributed by atoms with Crippen LogP contribution in [0.4, 0.5) is 5.82 Å². The zero-order valence-corrected chi connectivity index (χ0v) is 13.6. The predicted molar refractivity (Wildman–Crippen MR) is 85.6 cm³/mol. The number of amides is 1. The summed E-state index contributed by atoms with van der Waals surface area (Å²) in [6, 6.07) is 2.94. The molecule has 4 aliphatic rings. The van der Waals surface area contributed by atoms with E-state index in [1.807, 2.05) is 6.07 Å². The molecule has 5 rings (SSSR count). The van der Waals surface area contributed by atoms with E-state index in [9.17, 15) is 4.79 Å². The number of ether oxygens (including phenoxy) is 1. The first-order valence-corrected chi connectivity index (χ1v) is 8.97. The van der Waals surface area contributed by atoms with Crippen molar-refractivity contribution in [3.8, 4) is 0 Å². The minimum Gasteiger partial charge on any atom is -0.377 e. The van der Waals surface area contributed by atoms with Crippen LogP contribution in [0.15, 0.2) is 6.07 Å². The average Bonchev–Trinajstić information content (AvgIpc) is 3.44. The lowest BCUT2D eigenvalue weighted by atomic mass is 9.96. The molecule has 0 unspecified atom stereocenters. The molecule has 6 heteroatoms. The number of hydrogen-bond acceptors (Lipinski definition) is 4. The second-order valence-electron chi connectivity index (χ2n) is 7.61. The summed E-state index contributed by atoms with van der Waals surface area (Å²) in [5.74, 6) is 2.34. The summed E-state index contributed by atoms with van der Waals surface area (Å²) in [5.41, 5.74) is 0.743. The van der Waals surface area contributed by atoms with Crippen molar-refractivity contribution in [1.29, 1.82) is 0 Å². The fraction of sp³-hybridized carbons (Fsp3) is 0.765. The quantitative estimate of drug-likeness (QED) is 0.920. The third-order valence-corrected chi connectivity index (χ3v) is 5.80. The zero-order chi connectivity index (χ0) is 15.6. The summed E-state index contributed by atoms with van der Waals surface area (Å²) in [6.45, 7) is 4.46. The van der Waals surface area contributed by atoms with Gasteiger partial charge in [0.1, 0.15) is 5.69 Å². The molecule has 3 atom stereocenters. The van der Waals surface area contributed by atoms with Gasteiger partial charge in [0.25, 0.3) is 5.91 Å². The van der Waals surface area contributed by atoms with Crippen LogP contribution in [0.5, 0.6) is 0 Å². The van der Waals surface area contributed by atoms with Crippen LogP contribution in [0.25, 0.3) is 0 Å². The van der Waals surface area contributed by atoms with Gasteiger partial charge in [0, 0.05) is 12.6 Å². The van der Waals surface area contributed by atoms with Crippen molar-refractivity contribution in [2.45, 2.75) is 50.7 Å². The molecule has 124 valence electrons. The predicted octanol–water partition coefficient (Wildman–Crippen LogP) is 1.58. The Labute approximate surface area is 136 Å². The number of morpholine rings is 1. The number of aromatic nitrogens is 2. The Balaban J connectivity index is 1.52. The Hall–Kier alpha value is -1.56. The number of nitrogens with one attached hydrogen (secondary N) is 1. The molecule has 3 heterocycles. The molecular formula is C17H24N4O2. The molecule has 1 aromatic rings. The van der Waals surface area contributed by atoms with Crippen LogP contribution in [0, 0.1) is 11.8 Å². The highest BCUT2D eigenvalue weighted by Crippen LogP contribution is 2.49. The number of hydrogen-bond donors (Lipinski definition) is 1. The lowest BCUT2D eigenvalue weighted by Gasteiger charge is -2.34. The van der Waals surface area contributed by atoms with E-state index in [-0.39, 0.29) is 11.9 Å². The number of anilines is 1. The third-order valence-electron chi connectivity index (χ3n) is 5.80. The first-order chi connectivity index (χ1) is 11.2. The fourth-order valence-electron chi connectivity index (χ4n) is 4.23. The van der Waals surface area contributed by atoms with Gasteiger partial charge in [-0.25, -0.2) is 0 Å². The second kappa shape index (κ2) is 4.97. The first kappa shape index (κ1) is 13.8. The Morgan fingerprint density at radius 1 is 1.26 bits per heavy atom. The molecule has 1 amide bonds. The van der Waals surface area contributed by atoms with E-state index in [4.69, 9.17) is 9.84 Å². The normalized spacial score (nSPS) is 34.2. The summed E-state index contributed by atoms with van der Waals surface area (Å²) in [6.07, 6.45) is 5.04. The number of rotatable bonds is 3. The van der Waals surface area contributed by atoms with Gasteiger partial charge in [0.05, 0.1) is 31.3 Å². The van der Waals surface area contributed by atoms with E-state index < -0.39 is 0 Å². The summed E-state index contributed by atoms with van der Waals surface area (Å²) in [7, 11) is 0. The topological polar surface area (TPSA) is 59.4 Å². The molecule has 1 aromatic heterocycles. The molecule has 2 aliphatic carbocycles. The van der Waals surface area contributed by atoms with Gasteiger partial charge in [0.2, 0.25) is 0 Å². The van der Waals surface area contributed by atoms with Crippen LogP contribution in [-0.4, -0.2) is 47.5 Å². The highest BCUT2D eigenvalue weighted by Gasteiger charge is 2.49. The van der Waals surface area contributed by atoms with E-state index in [1.54, 1.807) is 0 Å². The molecule has 6 nitrogen and oxygen atoms in total. The largest absolute Gasteiger partial charge is 0.377 e. The Morgan fingerprint density at radius 2 is 2.04 bits per heavy atom. The summed E-state index contributed by atoms with van der Waals surface area (Å²) < 4.78 is 7.59. The van der Waals surface area contributed by atoms with E-state index in [1.165, 1.54) is 25.7 Å². The Morgan fingerprint density at radius 3 is 2.74 bits per heavy atom. The summed E-state index contributed by atoms with van der Waals surface area (Å²) in [4.78, 5) is 14.9. The molecule has 2 aliphatic heterocycles. The Bertz CT molecular complexity index is 635. The molecular weight excluding hydrogens is 292 g/mol. The number of fused-ring (bicyclic) bond motifs is 1. The van der Waals surface area contributed by atoms with Gasteiger partial charge in [-0.3, -0.25) is 9.48 Å². The van der Waals surface area contributed by atoms with Gasteiger partial charge < -0.3 is 15.0 Å². The number of carbonyl (C=O) groups excluding carboxylic acids is 1.